The van der Waals surface area contributed by atoms with E-state index in [1.165, 1.54) is 0 Å². The molecule has 0 saturated carbocycles. The Balaban J connectivity index is 2.34. The molecule has 1 saturated heterocycles. The van der Waals surface area contributed by atoms with Gasteiger partial charge >= 0.3 is 12.3 Å². The molecule has 0 aromatic heterocycles. The average molecular weight is 339 g/mol. The van der Waals surface area contributed by atoms with E-state index in [9.17, 15) is 26.4 Å². The van der Waals surface area contributed by atoms with Crippen LogP contribution in [0.15, 0.2) is 29.2 Å². The highest BCUT2D eigenvalue weighted by molar-refractivity contribution is 7.89. The van der Waals surface area contributed by atoms with Crippen molar-refractivity contribution in [2.45, 2.75) is 30.1 Å². The Hall–Kier alpha value is -1.81. The molecule has 0 amide bonds. The van der Waals surface area contributed by atoms with Gasteiger partial charge < -0.3 is 9.84 Å². The maximum absolute atomic E-state index is 12.4. The fourth-order valence-electron chi connectivity index (χ4n) is 2.24. The first-order chi connectivity index (χ1) is 10.1. The maximum Gasteiger partial charge on any atom is 0.573 e. The van der Waals surface area contributed by atoms with Crippen LogP contribution in [0, 0.1) is 0 Å². The second-order valence-electron chi connectivity index (χ2n) is 4.63. The van der Waals surface area contributed by atoms with Gasteiger partial charge in [-0.1, -0.05) is 6.07 Å². The summed E-state index contributed by atoms with van der Waals surface area (Å²) in [5.41, 5.74) is 0. The van der Waals surface area contributed by atoms with Crippen LogP contribution in [0.3, 0.4) is 0 Å². The highest BCUT2D eigenvalue weighted by Gasteiger charge is 2.40. The van der Waals surface area contributed by atoms with Gasteiger partial charge in [-0.3, -0.25) is 4.79 Å². The number of sulfonamides is 1. The number of carboxylic acid groups (broad SMARTS) is 1. The first-order valence-electron chi connectivity index (χ1n) is 6.22. The van der Waals surface area contributed by atoms with Crippen LogP contribution in [-0.4, -0.2) is 42.7 Å². The summed E-state index contributed by atoms with van der Waals surface area (Å²) in [5, 5.41) is 9.02. The third-order valence-electron chi connectivity index (χ3n) is 3.13. The van der Waals surface area contributed by atoms with Crippen LogP contribution in [0.25, 0.3) is 0 Å². The molecule has 122 valence electrons. The Labute approximate surface area is 124 Å². The molecule has 1 heterocycles. The van der Waals surface area contributed by atoms with Crippen molar-refractivity contribution in [2.24, 2.45) is 0 Å². The summed E-state index contributed by atoms with van der Waals surface area (Å²) >= 11 is 0. The highest BCUT2D eigenvalue weighted by atomic mass is 32.2. The van der Waals surface area contributed by atoms with Crippen molar-refractivity contribution in [3.05, 3.63) is 24.3 Å². The van der Waals surface area contributed by atoms with Gasteiger partial charge in [0, 0.05) is 12.6 Å². The van der Waals surface area contributed by atoms with Gasteiger partial charge in [-0.15, -0.1) is 13.2 Å². The molecule has 1 aromatic carbocycles. The van der Waals surface area contributed by atoms with E-state index < -0.39 is 39.0 Å². The summed E-state index contributed by atoms with van der Waals surface area (Å²) in [7, 11) is -4.21. The first-order valence-corrected chi connectivity index (χ1v) is 7.66. The minimum absolute atomic E-state index is 0.00363. The van der Waals surface area contributed by atoms with Crippen LogP contribution < -0.4 is 4.74 Å². The fourth-order valence-corrected chi connectivity index (χ4v) is 3.93. The third-order valence-corrected chi connectivity index (χ3v) is 5.04. The van der Waals surface area contributed by atoms with Gasteiger partial charge in [0.05, 0.1) is 4.90 Å². The van der Waals surface area contributed by atoms with Gasteiger partial charge in [0.25, 0.3) is 0 Å². The monoisotopic (exact) mass is 339 g/mol. The number of aliphatic carboxylic acids is 1. The smallest absolute Gasteiger partial charge is 0.480 e. The molecule has 0 aliphatic carbocycles. The number of hydrogen-bond acceptors (Lipinski definition) is 4. The predicted octanol–water partition coefficient (Wildman–Crippen LogP) is 1.82. The highest BCUT2D eigenvalue weighted by Crippen LogP contribution is 2.29. The van der Waals surface area contributed by atoms with E-state index in [0.717, 1.165) is 28.6 Å². The lowest BCUT2D eigenvalue weighted by atomic mass is 10.2. The molecule has 1 atom stereocenters. The van der Waals surface area contributed by atoms with Crippen molar-refractivity contribution in [1.82, 2.24) is 4.31 Å². The second kappa shape index (κ2) is 5.76. The van der Waals surface area contributed by atoms with E-state index in [2.05, 4.69) is 4.74 Å². The quantitative estimate of drug-likeness (QED) is 0.905. The Morgan fingerprint density at radius 3 is 2.64 bits per heavy atom. The zero-order valence-electron chi connectivity index (χ0n) is 11.1. The lowest BCUT2D eigenvalue weighted by Crippen LogP contribution is -2.40. The van der Waals surface area contributed by atoms with Crippen LogP contribution in [-0.2, 0) is 14.8 Å². The minimum atomic E-state index is -4.94. The normalized spacial score (nSPS) is 20.0. The van der Waals surface area contributed by atoms with Gasteiger partial charge in [-0.05, 0) is 25.0 Å². The molecule has 2 rings (SSSR count). The van der Waals surface area contributed by atoms with Crippen LogP contribution in [0.2, 0.25) is 0 Å². The standard InChI is InChI=1S/C12H12F3NO5S/c13-12(14,15)21-8-3-1-4-9(7-8)22(19,20)16-6-2-5-10(16)11(17)18/h1,3-4,7,10H,2,5-6H2,(H,17,18). The first kappa shape index (κ1) is 16.6. The van der Waals surface area contributed by atoms with E-state index in [-0.39, 0.29) is 13.0 Å². The lowest BCUT2D eigenvalue weighted by molar-refractivity contribution is -0.274. The van der Waals surface area contributed by atoms with Gasteiger partial charge in [-0.2, -0.15) is 4.31 Å². The summed E-state index contributed by atoms with van der Waals surface area (Å²) in [6, 6.07) is 2.66. The molecule has 6 nitrogen and oxygen atoms in total. The van der Waals surface area contributed by atoms with Crippen molar-refractivity contribution in [2.75, 3.05) is 6.54 Å². The van der Waals surface area contributed by atoms with Gasteiger partial charge in [-0.25, -0.2) is 8.42 Å². The molecule has 0 bridgehead atoms. The molecule has 1 aromatic rings. The SMILES string of the molecule is O=C(O)C1CCCN1S(=O)(=O)c1cccc(OC(F)(F)F)c1. The third kappa shape index (κ3) is 3.50. The molecule has 10 heteroatoms. The van der Waals surface area contributed by atoms with E-state index >= 15 is 0 Å². The van der Waals surface area contributed by atoms with Crippen LogP contribution in [0.1, 0.15) is 12.8 Å². The van der Waals surface area contributed by atoms with Crippen molar-refractivity contribution >= 4 is 16.0 Å². The Bertz CT molecular complexity index is 674. The zero-order chi connectivity index (χ0) is 16.5. The molecule has 0 radical (unpaired) electrons. The summed E-state index contributed by atoms with van der Waals surface area (Å²) in [6.45, 7) is 0.00363. The number of benzene rings is 1. The molecule has 0 spiro atoms. The fraction of sp³-hybridized carbons (Fsp3) is 0.417. The van der Waals surface area contributed by atoms with E-state index in [0.29, 0.717) is 6.42 Å². The Kier molecular flexibility index (Phi) is 4.34. The number of alkyl halides is 3. The maximum atomic E-state index is 12.4. The summed E-state index contributed by atoms with van der Waals surface area (Å²) in [6.07, 6.45) is -4.41. The van der Waals surface area contributed by atoms with Gasteiger partial charge in [0.1, 0.15) is 11.8 Å². The van der Waals surface area contributed by atoms with Crippen LogP contribution in [0.5, 0.6) is 5.75 Å². The number of nitrogens with zero attached hydrogens (tertiary/aromatic N) is 1. The van der Waals surface area contributed by atoms with E-state index in [1.807, 2.05) is 0 Å². The second-order valence-corrected chi connectivity index (χ2v) is 6.53. The molecule has 1 aliphatic heterocycles. The molecule has 22 heavy (non-hydrogen) atoms. The van der Waals surface area contributed by atoms with E-state index in [4.69, 9.17) is 5.11 Å². The number of rotatable bonds is 4. The lowest BCUT2D eigenvalue weighted by Gasteiger charge is -2.21. The number of ether oxygens (including phenoxy) is 1. The number of carbonyl (C=O) groups is 1. The van der Waals surface area contributed by atoms with Gasteiger partial charge in [0.2, 0.25) is 10.0 Å². The van der Waals surface area contributed by atoms with E-state index in [1.54, 1.807) is 0 Å². The number of carboxylic acids is 1. The summed E-state index contributed by atoms with van der Waals surface area (Å²) in [5.74, 6) is -1.97. The van der Waals surface area contributed by atoms with Crippen LogP contribution in [0.4, 0.5) is 13.2 Å². The molecule has 1 fully saturated rings. The average Bonchev–Trinajstić information content (AvgIpc) is 2.87. The largest absolute Gasteiger partial charge is 0.573 e. The topological polar surface area (TPSA) is 83.9 Å². The molecule has 1 aliphatic rings. The van der Waals surface area contributed by atoms with Crippen molar-refractivity contribution in [1.29, 1.82) is 0 Å². The minimum Gasteiger partial charge on any atom is -0.480 e. The molecular formula is C12H12F3NO5S. The van der Waals surface area contributed by atoms with Crippen molar-refractivity contribution in [3.63, 3.8) is 0 Å². The molecule has 1 unspecified atom stereocenters. The Morgan fingerprint density at radius 2 is 2.05 bits per heavy atom. The molecular weight excluding hydrogens is 327 g/mol. The zero-order valence-corrected chi connectivity index (χ0v) is 11.9. The Morgan fingerprint density at radius 1 is 1.36 bits per heavy atom. The van der Waals surface area contributed by atoms with Gasteiger partial charge in [0.15, 0.2) is 0 Å². The number of halogens is 3. The summed E-state index contributed by atoms with van der Waals surface area (Å²) < 4.78 is 65.8. The van der Waals surface area contributed by atoms with Crippen LogP contribution >= 0.6 is 0 Å². The van der Waals surface area contributed by atoms with Crippen molar-refractivity contribution in [3.8, 4) is 5.75 Å². The van der Waals surface area contributed by atoms with Crippen molar-refractivity contribution < 1.29 is 36.2 Å². The predicted molar refractivity (Wildman–Crippen MR) is 67.7 cm³/mol. The summed E-state index contributed by atoms with van der Waals surface area (Å²) in [4.78, 5) is 10.6. The molecule has 1 N–H and O–H groups in total. The number of hydrogen-bond donors (Lipinski definition) is 1.